The third kappa shape index (κ3) is 3.70. The lowest BCUT2D eigenvalue weighted by atomic mass is 9.99. The topological polar surface area (TPSA) is 39.4 Å². The molecule has 3 nitrogen and oxygen atoms in total. The second kappa shape index (κ2) is 7.73. The lowest BCUT2D eigenvalue weighted by Crippen LogP contribution is -2.02. The predicted molar refractivity (Wildman–Crippen MR) is 113 cm³/mol. The highest BCUT2D eigenvalue weighted by atomic mass is 16.5. The molecule has 0 fully saturated rings. The van der Waals surface area contributed by atoms with Gasteiger partial charge >= 0.3 is 5.63 Å². The number of fused-ring (bicyclic) bond motifs is 1. The summed E-state index contributed by atoms with van der Waals surface area (Å²) >= 11 is 0. The van der Waals surface area contributed by atoms with E-state index in [4.69, 9.17) is 9.15 Å². The Hall–Kier alpha value is -3.33. The maximum atomic E-state index is 12.1. The van der Waals surface area contributed by atoms with Crippen molar-refractivity contribution >= 4 is 11.0 Å². The zero-order valence-electron chi connectivity index (χ0n) is 16.1. The van der Waals surface area contributed by atoms with E-state index in [1.807, 2.05) is 36.4 Å². The van der Waals surface area contributed by atoms with Crippen molar-refractivity contribution < 1.29 is 9.15 Å². The Balaban J connectivity index is 1.76. The first-order valence-electron chi connectivity index (χ1n) is 9.48. The molecule has 140 valence electrons. The minimum absolute atomic E-state index is 0.361. The first-order chi connectivity index (χ1) is 13.6. The molecule has 1 aromatic heterocycles. The molecule has 0 saturated carbocycles. The fourth-order valence-corrected chi connectivity index (χ4v) is 3.35. The van der Waals surface area contributed by atoms with Gasteiger partial charge in [0.1, 0.15) is 17.9 Å². The van der Waals surface area contributed by atoms with Gasteiger partial charge in [0.25, 0.3) is 0 Å². The predicted octanol–water partition coefficient (Wildman–Crippen LogP) is 5.91. The molecule has 3 aromatic carbocycles. The highest BCUT2D eigenvalue weighted by molar-refractivity contribution is 5.94. The molecule has 0 saturated heterocycles. The third-order valence-corrected chi connectivity index (χ3v) is 4.91. The Morgan fingerprint density at radius 1 is 0.929 bits per heavy atom. The lowest BCUT2D eigenvalue weighted by Gasteiger charge is -2.13. The summed E-state index contributed by atoms with van der Waals surface area (Å²) in [6.45, 7) is 4.64. The normalized spacial score (nSPS) is 10.9. The van der Waals surface area contributed by atoms with E-state index in [1.54, 1.807) is 6.07 Å². The van der Waals surface area contributed by atoms with E-state index in [0.29, 0.717) is 12.2 Å². The molecule has 3 heteroatoms. The van der Waals surface area contributed by atoms with Crippen LogP contribution in [0.4, 0.5) is 0 Å². The van der Waals surface area contributed by atoms with Gasteiger partial charge in [-0.25, -0.2) is 4.79 Å². The van der Waals surface area contributed by atoms with E-state index in [2.05, 4.69) is 44.2 Å². The molecule has 0 amide bonds. The number of benzene rings is 3. The first-order valence-corrected chi connectivity index (χ1v) is 9.48. The Morgan fingerprint density at radius 3 is 2.39 bits per heavy atom. The SMILES string of the molecule is CCc1cc2c(-c3ccccc3)cc(=O)oc2cc1OCc1ccc(C)cc1. The van der Waals surface area contributed by atoms with E-state index in [0.717, 1.165) is 39.8 Å². The smallest absolute Gasteiger partial charge is 0.336 e. The van der Waals surface area contributed by atoms with Crippen LogP contribution in [-0.2, 0) is 13.0 Å². The average Bonchev–Trinajstić information content (AvgIpc) is 2.72. The summed E-state index contributed by atoms with van der Waals surface area (Å²) in [5.74, 6) is 0.754. The maximum Gasteiger partial charge on any atom is 0.336 e. The molecule has 0 aliphatic heterocycles. The monoisotopic (exact) mass is 370 g/mol. The number of rotatable bonds is 5. The van der Waals surface area contributed by atoms with Crippen molar-refractivity contribution in [2.75, 3.05) is 0 Å². The highest BCUT2D eigenvalue weighted by Crippen LogP contribution is 2.33. The van der Waals surface area contributed by atoms with Crippen LogP contribution in [0.1, 0.15) is 23.6 Å². The van der Waals surface area contributed by atoms with E-state index in [9.17, 15) is 4.79 Å². The van der Waals surface area contributed by atoms with Crippen LogP contribution in [-0.4, -0.2) is 0 Å². The van der Waals surface area contributed by atoms with Crippen LogP contribution in [0, 0.1) is 6.92 Å². The zero-order chi connectivity index (χ0) is 19.5. The minimum atomic E-state index is -0.361. The molecular formula is C25H22O3. The van der Waals surface area contributed by atoms with Crippen molar-refractivity contribution in [3.8, 4) is 16.9 Å². The standard InChI is InChI=1S/C25H22O3/c1-3-19-13-22-21(20-7-5-4-6-8-20)14-25(26)28-24(22)15-23(19)27-16-18-11-9-17(2)10-12-18/h4-15H,3,16H2,1-2H3. The van der Waals surface area contributed by atoms with E-state index >= 15 is 0 Å². The zero-order valence-corrected chi connectivity index (χ0v) is 16.1. The summed E-state index contributed by atoms with van der Waals surface area (Å²) in [7, 11) is 0. The van der Waals surface area contributed by atoms with Gasteiger partial charge in [-0.05, 0) is 41.7 Å². The van der Waals surface area contributed by atoms with E-state index < -0.39 is 0 Å². The molecule has 0 bridgehead atoms. The maximum absolute atomic E-state index is 12.1. The molecule has 28 heavy (non-hydrogen) atoms. The quantitative estimate of drug-likeness (QED) is 0.410. The van der Waals surface area contributed by atoms with Crippen molar-refractivity contribution in [3.63, 3.8) is 0 Å². The molecule has 0 N–H and O–H groups in total. The Bertz CT molecular complexity index is 1160. The molecule has 0 aliphatic rings. The van der Waals surface area contributed by atoms with Gasteiger partial charge in [-0.2, -0.15) is 0 Å². The van der Waals surface area contributed by atoms with Gasteiger partial charge in [-0.1, -0.05) is 67.1 Å². The molecule has 0 radical (unpaired) electrons. The number of hydrogen-bond acceptors (Lipinski definition) is 3. The van der Waals surface area contributed by atoms with Crippen molar-refractivity contribution in [2.24, 2.45) is 0 Å². The van der Waals surface area contributed by atoms with Gasteiger partial charge in [0, 0.05) is 17.5 Å². The van der Waals surface area contributed by atoms with Crippen LogP contribution in [0.5, 0.6) is 5.75 Å². The van der Waals surface area contributed by atoms with Crippen molar-refractivity contribution in [2.45, 2.75) is 26.9 Å². The summed E-state index contributed by atoms with van der Waals surface area (Å²) in [6, 6.07) is 23.7. The highest BCUT2D eigenvalue weighted by Gasteiger charge is 2.13. The van der Waals surface area contributed by atoms with Gasteiger partial charge in [-0.15, -0.1) is 0 Å². The molecule has 0 aliphatic carbocycles. The van der Waals surface area contributed by atoms with Crippen molar-refractivity contribution in [1.82, 2.24) is 0 Å². The van der Waals surface area contributed by atoms with Crippen molar-refractivity contribution in [1.29, 1.82) is 0 Å². The fourth-order valence-electron chi connectivity index (χ4n) is 3.35. The Kier molecular flexibility index (Phi) is 4.98. The minimum Gasteiger partial charge on any atom is -0.488 e. The molecule has 0 unspecified atom stereocenters. The molecule has 4 aromatic rings. The molecule has 0 spiro atoms. The van der Waals surface area contributed by atoms with Crippen LogP contribution in [0.25, 0.3) is 22.1 Å². The van der Waals surface area contributed by atoms with Crippen LogP contribution in [0.3, 0.4) is 0 Å². The van der Waals surface area contributed by atoms with Crippen LogP contribution < -0.4 is 10.4 Å². The molecule has 1 heterocycles. The Labute approximate surface area is 164 Å². The summed E-state index contributed by atoms with van der Waals surface area (Å²) in [5.41, 5.74) is 5.47. The first kappa shape index (κ1) is 18.1. The second-order valence-corrected chi connectivity index (χ2v) is 6.93. The second-order valence-electron chi connectivity index (χ2n) is 6.93. The summed E-state index contributed by atoms with van der Waals surface area (Å²) in [4.78, 5) is 12.1. The van der Waals surface area contributed by atoms with Gasteiger partial charge < -0.3 is 9.15 Å². The van der Waals surface area contributed by atoms with Gasteiger partial charge in [-0.3, -0.25) is 0 Å². The van der Waals surface area contributed by atoms with Gasteiger partial charge in [0.15, 0.2) is 0 Å². The largest absolute Gasteiger partial charge is 0.488 e. The van der Waals surface area contributed by atoms with E-state index in [1.165, 1.54) is 5.56 Å². The number of ether oxygens (including phenoxy) is 1. The van der Waals surface area contributed by atoms with E-state index in [-0.39, 0.29) is 5.63 Å². The van der Waals surface area contributed by atoms with Crippen LogP contribution >= 0.6 is 0 Å². The van der Waals surface area contributed by atoms with Gasteiger partial charge in [0.05, 0.1) is 0 Å². The molecule has 4 rings (SSSR count). The van der Waals surface area contributed by atoms with Crippen LogP contribution in [0.2, 0.25) is 0 Å². The molecular weight excluding hydrogens is 348 g/mol. The lowest BCUT2D eigenvalue weighted by molar-refractivity contribution is 0.303. The summed E-state index contributed by atoms with van der Waals surface area (Å²) in [5, 5.41) is 0.922. The molecule has 0 atom stereocenters. The van der Waals surface area contributed by atoms with Gasteiger partial charge in [0.2, 0.25) is 0 Å². The average molecular weight is 370 g/mol. The third-order valence-electron chi connectivity index (χ3n) is 4.91. The summed E-state index contributed by atoms with van der Waals surface area (Å²) < 4.78 is 11.6. The number of hydrogen-bond donors (Lipinski definition) is 0. The fraction of sp³-hybridized carbons (Fsp3) is 0.160. The number of aryl methyl sites for hydroxylation is 2. The van der Waals surface area contributed by atoms with Crippen molar-refractivity contribution in [3.05, 3.63) is 99.9 Å². The Morgan fingerprint density at radius 2 is 1.68 bits per heavy atom. The van der Waals surface area contributed by atoms with Crippen LogP contribution in [0.15, 0.2) is 82.0 Å². The summed E-state index contributed by atoms with van der Waals surface area (Å²) in [6.07, 6.45) is 0.826.